The second-order valence-electron chi connectivity index (χ2n) is 17.1. The molecule has 0 saturated carbocycles. The Morgan fingerprint density at radius 1 is 0.292 bits per heavy atom. The molecule has 0 radical (unpaired) electrons. The lowest BCUT2D eigenvalue weighted by atomic mass is 9.90. The zero-order chi connectivity index (χ0) is 42.6. The van der Waals surface area contributed by atoms with Crippen molar-refractivity contribution in [2.45, 2.75) is 0 Å². The highest BCUT2D eigenvalue weighted by atomic mass is 15.0. The van der Waals surface area contributed by atoms with Crippen LogP contribution < -0.4 is 0 Å². The maximum Gasteiger partial charge on any atom is 0.160 e. The topological polar surface area (TPSA) is 43.6 Å². The second-order valence-corrected chi connectivity index (χ2v) is 17.1. The third-order valence-corrected chi connectivity index (χ3v) is 13.5. The molecule has 14 aromatic rings. The molecular formula is C61H36N4. The lowest BCUT2D eigenvalue weighted by Gasteiger charge is -2.15. The molecule has 11 aromatic carbocycles. The molecular weight excluding hydrogens is 789 g/mol. The predicted molar refractivity (Wildman–Crippen MR) is 272 cm³/mol. The van der Waals surface area contributed by atoms with E-state index in [1.807, 2.05) is 0 Å². The smallest absolute Gasteiger partial charge is 0.160 e. The summed E-state index contributed by atoms with van der Waals surface area (Å²) in [6, 6.07) is 78.5. The van der Waals surface area contributed by atoms with Crippen LogP contribution in [-0.2, 0) is 0 Å². The van der Waals surface area contributed by atoms with Gasteiger partial charge in [0.15, 0.2) is 5.82 Å². The summed E-state index contributed by atoms with van der Waals surface area (Å²) >= 11 is 0. The Hall–Kier alpha value is -8.73. The van der Waals surface area contributed by atoms with Gasteiger partial charge in [0.05, 0.1) is 33.5 Å². The van der Waals surface area contributed by atoms with E-state index < -0.39 is 0 Å². The van der Waals surface area contributed by atoms with Gasteiger partial charge in [0.2, 0.25) is 0 Å². The summed E-state index contributed by atoms with van der Waals surface area (Å²) in [5, 5.41) is 14.4. The number of hydrogen-bond acceptors (Lipinski definition) is 3. The van der Waals surface area contributed by atoms with Gasteiger partial charge in [-0.25, -0.2) is 15.0 Å². The standard InChI is InChI=1S/C61H36N4/c1-3-13-40(14-4-1)59-47-22-8-7-21-45(47)50-36-56-52(35-54(50)62-59)51-34-42(29-32-55(51)65(56)44-19-5-2-6-20-44)41-17-12-18-43(33-41)61-63-53-24-10-9-23-49(53)60(64-61)48-31-28-39-26-25-37-15-11-16-38-27-30-46(48)58(39)57(37)38/h1-36H. The van der Waals surface area contributed by atoms with Crippen LogP contribution in [-0.4, -0.2) is 19.5 Å². The van der Waals surface area contributed by atoms with E-state index in [4.69, 9.17) is 15.0 Å². The number of benzene rings is 11. The van der Waals surface area contributed by atoms with Gasteiger partial charge in [0.25, 0.3) is 0 Å². The van der Waals surface area contributed by atoms with E-state index in [0.29, 0.717) is 5.82 Å². The maximum atomic E-state index is 5.44. The summed E-state index contributed by atoms with van der Waals surface area (Å²) in [4.78, 5) is 16.1. The van der Waals surface area contributed by atoms with E-state index in [1.54, 1.807) is 0 Å². The normalized spacial score (nSPS) is 12.0. The molecule has 0 aliphatic rings. The SMILES string of the molecule is c1ccc(-c2nc3cc4c5cc(-c6cccc(-c7nc(-c8ccc9ccc%10cccc%11ccc8c9c%10%11)c8ccccc8n7)c6)ccc5n(-c5ccccc5)c4cc3c3ccccc23)cc1. The lowest BCUT2D eigenvalue weighted by molar-refractivity contribution is 1.18. The predicted octanol–water partition coefficient (Wildman–Crippen LogP) is 16.0. The molecule has 14 rings (SSSR count). The fourth-order valence-corrected chi connectivity index (χ4v) is 10.5. The van der Waals surface area contributed by atoms with Crippen molar-refractivity contribution >= 4 is 86.7 Å². The van der Waals surface area contributed by atoms with Crippen molar-refractivity contribution < 1.29 is 0 Å². The highest BCUT2D eigenvalue weighted by molar-refractivity contribution is 6.26. The lowest BCUT2D eigenvalue weighted by Crippen LogP contribution is -1.96. The van der Waals surface area contributed by atoms with Gasteiger partial charge >= 0.3 is 0 Å². The fraction of sp³-hybridized carbons (Fsp3) is 0. The summed E-state index contributed by atoms with van der Waals surface area (Å²) in [5.74, 6) is 0.701. The summed E-state index contributed by atoms with van der Waals surface area (Å²) < 4.78 is 2.40. The molecule has 0 N–H and O–H groups in total. The monoisotopic (exact) mass is 824 g/mol. The van der Waals surface area contributed by atoms with Gasteiger partial charge in [0, 0.05) is 49.3 Å². The minimum atomic E-state index is 0.701. The number of para-hydroxylation sites is 2. The van der Waals surface area contributed by atoms with Gasteiger partial charge in [-0.1, -0.05) is 170 Å². The van der Waals surface area contributed by atoms with Gasteiger partial charge in [-0.3, -0.25) is 0 Å². The second kappa shape index (κ2) is 13.9. The Bertz CT molecular complexity index is 4210. The van der Waals surface area contributed by atoms with Crippen LogP contribution in [0.15, 0.2) is 218 Å². The molecule has 300 valence electrons. The first kappa shape index (κ1) is 35.8. The van der Waals surface area contributed by atoms with Crippen LogP contribution in [0.2, 0.25) is 0 Å². The molecule has 4 nitrogen and oxygen atoms in total. The summed E-state index contributed by atoms with van der Waals surface area (Å²) in [6.45, 7) is 0. The van der Waals surface area contributed by atoms with Gasteiger partial charge in [-0.15, -0.1) is 0 Å². The van der Waals surface area contributed by atoms with Crippen molar-refractivity contribution in [2.24, 2.45) is 0 Å². The number of fused-ring (bicyclic) bond motifs is 7. The van der Waals surface area contributed by atoms with Crippen LogP contribution in [0.5, 0.6) is 0 Å². The molecule has 65 heavy (non-hydrogen) atoms. The number of rotatable bonds is 5. The van der Waals surface area contributed by atoms with Crippen LogP contribution in [0, 0.1) is 0 Å². The Kier molecular flexibility index (Phi) is 7.65. The largest absolute Gasteiger partial charge is 0.309 e. The van der Waals surface area contributed by atoms with Gasteiger partial charge in [0.1, 0.15) is 0 Å². The zero-order valence-electron chi connectivity index (χ0n) is 35.1. The molecule has 0 amide bonds. The van der Waals surface area contributed by atoms with E-state index in [2.05, 4.69) is 223 Å². The Balaban J connectivity index is 0.955. The van der Waals surface area contributed by atoms with Crippen LogP contribution in [0.4, 0.5) is 0 Å². The summed E-state index contributed by atoms with van der Waals surface area (Å²) in [7, 11) is 0. The molecule has 0 unspecified atom stereocenters. The average Bonchev–Trinajstić information content (AvgIpc) is 3.69. The van der Waals surface area contributed by atoms with Crippen LogP contribution in [0.3, 0.4) is 0 Å². The molecule has 0 bridgehead atoms. The van der Waals surface area contributed by atoms with Gasteiger partial charge < -0.3 is 4.57 Å². The van der Waals surface area contributed by atoms with Gasteiger partial charge in [-0.2, -0.15) is 0 Å². The van der Waals surface area contributed by atoms with Crippen molar-refractivity contribution in [1.82, 2.24) is 19.5 Å². The van der Waals surface area contributed by atoms with E-state index in [9.17, 15) is 0 Å². The first-order chi connectivity index (χ1) is 32.2. The molecule has 0 atom stereocenters. The quantitative estimate of drug-likeness (QED) is 0.162. The van der Waals surface area contributed by atoms with E-state index in [0.717, 1.165) is 88.5 Å². The Morgan fingerprint density at radius 3 is 1.78 bits per heavy atom. The van der Waals surface area contributed by atoms with Crippen molar-refractivity contribution in [3.8, 4) is 50.7 Å². The minimum Gasteiger partial charge on any atom is -0.309 e. The summed E-state index contributed by atoms with van der Waals surface area (Å²) in [5.41, 5.74) is 12.6. The molecule has 0 aliphatic heterocycles. The number of nitrogens with zero attached hydrogens (tertiary/aromatic N) is 4. The number of hydrogen-bond donors (Lipinski definition) is 0. The molecule has 4 heteroatoms. The summed E-state index contributed by atoms with van der Waals surface area (Å²) in [6.07, 6.45) is 0. The number of pyridine rings is 1. The molecule has 0 fully saturated rings. The molecule has 3 heterocycles. The first-order valence-corrected chi connectivity index (χ1v) is 22.2. The molecule has 3 aromatic heterocycles. The van der Waals surface area contributed by atoms with Gasteiger partial charge in [-0.05, 0) is 97.4 Å². The van der Waals surface area contributed by atoms with E-state index in [1.165, 1.54) is 43.1 Å². The van der Waals surface area contributed by atoms with Crippen LogP contribution in [0.1, 0.15) is 0 Å². The van der Waals surface area contributed by atoms with Crippen molar-refractivity contribution in [3.05, 3.63) is 218 Å². The minimum absolute atomic E-state index is 0.701. The molecule has 0 spiro atoms. The van der Waals surface area contributed by atoms with Crippen LogP contribution >= 0.6 is 0 Å². The van der Waals surface area contributed by atoms with E-state index in [-0.39, 0.29) is 0 Å². The highest BCUT2D eigenvalue weighted by Crippen LogP contribution is 2.43. The Labute approximate surface area is 373 Å². The zero-order valence-corrected chi connectivity index (χ0v) is 35.1. The maximum absolute atomic E-state index is 5.44. The highest BCUT2D eigenvalue weighted by Gasteiger charge is 2.20. The van der Waals surface area contributed by atoms with E-state index >= 15 is 0 Å². The molecule has 0 aliphatic carbocycles. The van der Waals surface area contributed by atoms with Crippen molar-refractivity contribution in [3.63, 3.8) is 0 Å². The first-order valence-electron chi connectivity index (χ1n) is 22.2. The van der Waals surface area contributed by atoms with Crippen molar-refractivity contribution in [1.29, 1.82) is 0 Å². The Morgan fingerprint density at radius 2 is 0.938 bits per heavy atom. The molecule has 0 saturated heterocycles. The third-order valence-electron chi connectivity index (χ3n) is 13.5. The number of aromatic nitrogens is 4. The van der Waals surface area contributed by atoms with Crippen molar-refractivity contribution in [2.75, 3.05) is 0 Å². The fourth-order valence-electron chi connectivity index (χ4n) is 10.5. The third kappa shape index (κ3) is 5.47. The van der Waals surface area contributed by atoms with Crippen LogP contribution in [0.25, 0.3) is 137 Å². The average molecular weight is 825 g/mol.